The van der Waals surface area contributed by atoms with Gasteiger partial charge in [0.1, 0.15) is 5.82 Å². The molecule has 3 rings (SSSR count). The average Bonchev–Trinajstić information content (AvgIpc) is 3.01. The first-order chi connectivity index (χ1) is 13.5. The molecule has 2 heterocycles. The van der Waals surface area contributed by atoms with Crippen molar-refractivity contribution in [1.82, 2.24) is 14.8 Å². The van der Waals surface area contributed by atoms with E-state index in [9.17, 15) is 14.3 Å². The van der Waals surface area contributed by atoms with Crippen LogP contribution in [0, 0.1) is 5.82 Å². The van der Waals surface area contributed by atoms with E-state index in [-0.39, 0.29) is 11.3 Å². The zero-order valence-electron chi connectivity index (χ0n) is 15.3. The fourth-order valence-corrected chi connectivity index (χ4v) is 2.75. The van der Waals surface area contributed by atoms with E-state index < -0.39 is 11.8 Å². The van der Waals surface area contributed by atoms with Gasteiger partial charge in [0.2, 0.25) is 0 Å². The summed E-state index contributed by atoms with van der Waals surface area (Å²) in [7, 11) is 0. The third-order valence-electron chi connectivity index (χ3n) is 4.11. The Hall–Kier alpha value is -3.74. The lowest BCUT2D eigenvalue weighted by Crippen LogP contribution is -2.05. The number of nitrogens with zero attached hydrogens (tertiary/aromatic N) is 3. The summed E-state index contributed by atoms with van der Waals surface area (Å²) in [6, 6.07) is 5.75. The van der Waals surface area contributed by atoms with Crippen molar-refractivity contribution in [3.8, 4) is 0 Å². The largest absolute Gasteiger partial charge is 0.478 e. The molecule has 0 unspecified atom stereocenters. The van der Waals surface area contributed by atoms with Gasteiger partial charge < -0.3 is 10.4 Å². The number of pyridine rings is 1. The molecule has 1 aromatic carbocycles. The van der Waals surface area contributed by atoms with Crippen LogP contribution in [0.4, 0.5) is 15.9 Å². The lowest BCUT2D eigenvalue weighted by atomic mass is 10.2. The Morgan fingerprint density at radius 3 is 2.93 bits per heavy atom. The van der Waals surface area contributed by atoms with Gasteiger partial charge in [-0.2, -0.15) is 5.10 Å². The van der Waals surface area contributed by atoms with Crippen LogP contribution >= 0.6 is 0 Å². The number of aromatic nitrogens is 3. The summed E-state index contributed by atoms with van der Waals surface area (Å²) in [4.78, 5) is 15.4. The van der Waals surface area contributed by atoms with Gasteiger partial charge in [-0.3, -0.25) is 9.67 Å². The molecule has 2 aromatic heterocycles. The Morgan fingerprint density at radius 1 is 1.39 bits per heavy atom. The molecule has 0 saturated heterocycles. The van der Waals surface area contributed by atoms with Crippen LogP contribution < -0.4 is 5.32 Å². The second kappa shape index (κ2) is 8.30. The van der Waals surface area contributed by atoms with E-state index in [2.05, 4.69) is 22.0 Å². The number of aromatic carboxylic acids is 1. The van der Waals surface area contributed by atoms with E-state index in [1.165, 1.54) is 30.6 Å². The molecule has 0 radical (unpaired) electrons. The van der Waals surface area contributed by atoms with Crippen LogP contribution in [0.5, 0.6) is 0 Å². The van der Waals surface area contributed by atoms with Crippen molar-refractivity contribution in [2.24, 2.45) is 0 Å². The molecule has 0 aliphatic heterocycles. The van der Waals surface area contributed by atoms with Crippen molar-refractivity contribution in [3.05, 3.63) is 84.5 Å². The van der Waals surface area contributed by atoms with Crippen LogP contribution in [0.2, 0.25) is 0 Å². The molecule has 28 heavy (non-hydrogen) atoms. The van der Waals surface area contributed by atoms with Crippen LogP contribution in [-0.4, -0.2) is 25.8 Å². The quantitative estimate of drug-likeness (QED) is 0.583. The SMILES string of the molecule is C=C/C(=C\C=C/C)Cn1nc(Nc2cnccc2C(=O)O)c2cc(F)ccc21. The molecule has 6 nitrogen and oxygen atoms in total. The molecule has 0 spiro atoms. The fraction of sp³-hybridized carbons (Fsp3) is 0.0952. The van der Waals surface area contributed by atoms with Crippen molar-refractivity contribution < 1.29 is 14.3 Å². The van der Waals surface area contributed by atoms with E-state index in [1.54, 1.807) is 16.8 Å². The standard InChI is InChI=1S/C21H19FN4O2/c1-3-5-6-14(4-2)13-26-19-8-7-15(22)11-17(19)20(25-26)24-18-12-23-10-9-16(18)21(27)28/h3-12H,2,13H2,1H3,(H,24,25)(H,27,28)/b5-3-,14-6+. The summed E-state index contributed by atoms with van der Waals surface area (Å²) in [5.74, 6) is -1.16. The summed E-state index contributed by atoms with van der Waals surface area (Å²) in [5.41, 5.74) is 1.96. The molecule has 7 heteroatoms. The molecular weight excluding hydrogens is 359 g/mol. The first kappa shape index (κ1) is 19.0. The minimum atomic E-state index is -1.09. The molecule has 0 atom stereocenters. The topological polar surface area (TPSA) is 80.0 Å². The van der Waals surface area contributed by atoms with Crippen LogP contribution in [0.1, 0.15) is 17.3 Å². The van der Waals surface area contributed by atoms with Gasteiger partial charge in [-0.15, -0.1) is 0 Å². The third kappa shape index (κ3) is 3.98. The van der Waals surface area contributed by atoms with E-state index in [4.69, 9.17) is 0 Å². The van der Waals surface area contributed by atoms with E-state index in [1.807, 2.05) is 25.2 Å². The molecule has 142 valence electrons. The van der Waals surface area contributed by atoms with Gasteiger partial charge in [0.25, 0.3) is 0 Å². The smallest absolute Gasteiger partial charge is 0.337 e. The fourth-order valence-electron chi connectivity index (χ4n) is 2.75. The predicted octanol–water partition coefficient (Wildman–Crippen LogP) is 4.70. The molecule has 0 amide bonds. The number of hydrogen-bond donors (Lipinski definition) is 2. The maximum atomic E-state index is 13.9. The summed E-state index contributed by atoms with van der Waals surface area (Å²) >= 11 is 0. The summed E-state index contributed by atoms with van der Waals surface area (Å²) in [5, 5.41) is 17.4. The van der Waals surface area contributed by atoms with Gasteiger partial charge in [0.05, 0.1) is 29.5 Å². The maximum Gasteiger partial charge on any atom is 0.337 e. The Bertz CT molecular complexity index is 1100. The monoisotopic (exact) mass is 378 g/mol. The van der Waals surface area contributed by atoms with Gasteiger partial charge in [0.15, 0.2) is 5.82 Å². The van der Waals surface area contributed by atoms with Gasteiger partial charge in [-0.05, 0) is 36.8 Å². The minimum Gasteiger partial charge on any atom is -0.478 e. The number of carboxylic acid groups (broad SMARTS) is 1. The second-order valence-corrected chi connectivity index (χ2v) is 5.99. The Morgan fingerprint density at radius 2 is 2.21 bits per heavy atom. The van der Waals surface area contributed by atoms with Crippen LogP contribution in [0.25, 0.3) is 10.9 Å². The van der Waals surface area contributed by atoms with Crippen molar-refractivity contribution >= 4 is 28.4 Å². The number of hydrogen-bond acceptors (Lipinski definition) is 4. The normalized spacial score (nSPS) is 11.9. The molecule has 0 fully saturated rings. The van der Waals surface area contributed by atoms with Crippen molar-refractivity contribution in [2.75, 3.05) is 5.32 Å². The maximum absolute atomic E-state index is 13.9. The van der Waals surface area contributed by atoms with Crippen molar-refractivity contribution in [3.63, 3.8) is 0 Å². The van der Waals surface area contributed by atoms with Gasteiger partial charge in [-0.25, -0.2) is 9.18 Å². The van der Waals surface area contributed by atoms with Crippen molar-refractivity contribution in [2.45, 2.75) is 13.5 Å². The van der Waals surface area contributed by atoms with Crippen LogP contribution in [-0.2, 0) is 6.54 Å². The molecular formula is C21H19FN4O2. The molecule has 3 aromatic rings. The zero-order chi connectivity index (χ0) is 20.1. The molecule has 0 aliphatic rings. The summed E-state index contributed by atoms with van der Waals surface area (Å²) in [6.07, 6.45) is 10.2. The number of fused-ring (bicyclic) bond motifs is 1. The first-order valence-electron chi connectivity index (χ1n) is 8.58. The zero-order valence-corrected chi connectivity index (χ0v) is 15.3. The predicted molar refractivity (Wildman–Crippen MR) is 107 cm³/mol. The number of carboxylic acids is 1. The summed E-state index contributed by atoms with van der Waals surface area (Å²) < 4.78 is 15.6. The highest BCUT2D eigenvalue weighted by Gasteiger charge is 2.16. The molecule has 0 aliphatic carbocycles. The lowest BCUT2D eigenvalue weighted by molar-refractivity contribution is 0.0698. The third-order valence-corrected chi connectivity index (χ3v) is 4.11. The Kier molecular flexibility index (Phi) is 5.64. The van der Waals surface area contributed by atoms with Crippen molar-refractivity contribution in [1.29, 1.82) is 0 Å². The van der Waals surface area contributed by atoms with Gasteiger partial charge >= 0.3 is 5.97 Å². The number of rotatable bonds is 7. The highest BCUT2D eigenvalue weighted by Crippen LogP contribution is 2.28. The number of allylic oxidation sites excluding steroid dienone is 5. The molecule has 0 bridgehead atoms. The molecule has 2 N–H and O–H groups in total. The van der Waals surface area contributed by atoms with E-state index in [0.717, 1.165) is 5.57 Å². The summed E-state index contributed by atoms with van der Waals surface area (Å²) in [6.45, 7) is 6.16. The highest BCUT2D eigenvalue weighted by atomic mass is 19.1. The number of halogens is 1. The minimum absolute atomic E-state index is 0.0499. The Labute approximate surface area is 161 Å². The number of benzene rings is 1. The Balaban J connectivity index is 2.07. The number of carbonyl (C=O) groups is 1. The van der Waals surface area contributed by atoms with Crippen LogP contribution in [0.3, 0.4) is 0 Å². The number of nitrogens with one attached hydrogen (secondary N) is 1. The van der Waals surface area contributed by atoms with Gasteiger partial charge in [0, 0.05) is 11.6 Å². The first-order valence-corrected chi connectivity index (χ1v) is 8.58. The molecule has 0 saturated carbocycles. The van der Waals surface area contributed by atoms with Crippen LogP contribution in [0.15, 0.2) is 73.1 Å². The van der Waals surface area contributed by atoms with E-state index in [0.29, 0.717) is 23.3 Å². The lowest BCUT2D eigenvalue weighted by Gasteiger charge is -2.06. The second-order valence-electron chi connectivity index (χ2n) is 5.99. The highest BCUT2D eigenvalue weighted by molar-refractivity contribution is 5.97. The average molecular weight is 378 g/mol. The van der Waals surface area contributed by atoms with E-state index >= 15 is 0 Å². The number of anilines is 2. The van der Waals surface area contributed by atoms with Gasteiger partial charge in [-0.1, -0.05) is 30.9 Å².